The predicted molar refractivity (Wildman–Crippen MR) is 87.6 cm³/mol. The van der Waals surface area contributed by atoms with E-state index in [0.29, 0.717) is 6.42 Å². The van der Waals surface area contributed by atoms with E-state index >= 15 is 0 Å². The van der Waals surface area contributed by atoms with E-state index < -0.39 is 53.1 Å². The quantitative estimate of drug-likeness (QED) is 0.256. The van der Waals surface area contributed by atoms with Crippen LogP contribution in [0.4, 0.5) is 5.82 Å². The van der Waals surface area contributed by atoms with Gasteiger partial charge in [-0.3, -0.25) is 9.46 Å². The Bertz CT molecular complexity index is 928. The van der Waals surface area contributed by atoms with Gasteiger partial charge in [-0.05, 0) is 12.8 Å². The van der Waals surface area contributed by atoms with Crippen molar-refractivity contribution in [3.8, 4) is 5.75 Å². The van der Waals surface area contributed by atoms with E-state index in [2.05, 4.69) is 18.1 Å². The second-order valence-corrected chi connectivity index (χ2v) is 9.68. The molecule has 28 heavy (non-hydrogen) atoms. The number of hydrogen-bond donors (Lipinski definition) is 6. The van der Waals surface area contributed by atoms with Crippen molar-refractivity contribution in [2.24, 2.45) is 0 Å². The number of nitrogen functional groups attached to an aromatic ring is 1. The Labute approximate surface area is 155 Å². The fraction of sp³-hybridized carbons (Fsp3) is 0.556. The van der Waals surface area contributed by atoms with Crippen molar-refractivity contribution in [1.29, 1.82) is 0 Å². The zero-order valence-electron chi connectivity index (χ0n) is 13.7. The summed E-state index contributed by atoms with van der Waals surface area (Å²) >= 11 is 0. The van der Waals surface area contributed by atoms with Gasteiger partial charge >= 0.3 is 29.2 Å². The SMILES string of the molecule is Nc1nc(=O)n([C@H]2CC[C@@H](CO)O2)cc1OP(=O)(O)OP(=O)(O)OP(=O)(O)O. The van der Waals surface area contributed by atoms with Gasteiger partial charge in [0.2, 0.25) is 0 Å². The summed E-state index contributed by atoms with van der Waals surface area (Å²) < 4.78 is 51.6. The number of phosphoric acid groups is 3. The first-order valence-corrected chi connectivity index (χ1v) is 11.7. The molecule has 0 amide bonds. The molecular formula is C9H16N3O13P3. The predicted octanol–water partition coefficient (Wildman–Crippen LogP) is -0.799. The van der Waals surface area contributed by atoms with Crippen LogP contribution in [-0.4, -0.2) is 46.9 Å². The number of aliphatic hydroxyl groups is 1. The minimum Gasteiger partial charge on any atom is -0.398 e. The lowest BCUT2D eigenvalue weighted by Crippen LogP contribution is -2.28. The minimum absolute atomic E-state index is 0.283. The molecule has 16 nitrogen and oxygen atoms in total. The fourth-order valence-corrected chi connectivity index (χ4v) is 5.22. The standard InChI is InChI=1S/C9H16N3O13P3/c10-8-6(23-27(18,19)25-28(20,21)24-26(15,16)17)3-12(9(14)11-8)7-2-1-5(4-13)22-7/h3,5,7,13H,1-2,4H2,(H,18,19)(H,20,21)(H2,10,11,14)(H2,15,16,17)/t5-,7+/m0/s1. The van der Waals surface area contributed by atoms with Gasteiger partial charge in [0, 0.05) is 0 Å². The van der Waals surface area contributed by atoms with Crippen LogP contribution >= 0.6 is 23.5 Å². The van der Waals surface area contributed by atoms with Crippen molar-refractivity contribution < 1.29 is 56.3 Å². The summed E-state index contributed by atoms with van der Waals surface area (Å²) in [5.74, 6) is -1.43. The maximum Gasteiger partial charge on any atom is 0.536 e. The monoisotopic (exact) mass is 467 g/mol. The van der Waals surface area contributed by atoms with Gasteiger partial charge < -0.3 is 34.8 Å². The Hall–Kier alpha value is -1.15. The van der Waals surface area contributed by atoms with Crippen LogP contribution in [0.15, 0.2) is 11.0 Å². The van der Waals surface area contributed by atoms with Gasteiger partial charge in [-0.1, -0.05) is 0 Å². The van der Waals surface area contributed by atoms with Crippen LogP contribution in [-0.2, 0) is 27.1 Å². The number of ether oxygens (including phenoxy) is 1. The van der Waals surface area contributed by atoms with Crippen LogP contribution in [0.5, 0.6) is 5.75 Å². The lowest BCUT2D eigenvalue weighted by Gasteiger charge is -2.19. The molecule has 2 unspecified atom stereocenters. The summed E-state index contributed by atoms with van der Waals surface area (Å²) in [6.07, 6.45) is 0.0550. The third-order valence-electron chi connectivity index (χ3n) is 3.17. The van der Waals surface area contributed by atoms with Gasteiger partial charge in [-0.2, -0.15) is 13.6 Å². The molecular weight excluding hydrogens is 451 g/mol. The highest BCUT2D eigenvalue weighted by atomic mass is 31.3. The van der Waals surface area contributed by atoms with Crippen LogP contribution < -0.4 is 15.9 Å². The lowest BCUT2D eigenvalue weighted by atomic mass is 10.2. The van der Waals surface area contributed by atoms with Gasteiger partial charge in [0.15, 0.2) is 11.6 Å². The molecule has 2 heterocycles. The number of phosphoric ester groups is 1. The number of rotatable bonds is 8. The Morgan fingerprint density at radius 1 is 1.18 bits per heavy atom. The van der Waals surface area contributed by atoms with E-state index in [4.69, 9.17) is 30.3 Å². The van der Waals surface area contributed by atoms with Crippen molar-refractivity contribution >= 4 is 29.3 Å². The number of aromatic nitrogens is 2. The van der Waals surface area contributed by atoms with Gasteiger partial charge in [0.1, 0.15) is 6.23 Å². The molecule has 1 saturated heterocycles. The molecule has 160 valence electrons. The van der Waals surface area contributed by atoms with Crippen LogP contribution in [0.1, 0.15) is 19.1 Å². The highest BCUT2D eigenvalue weighted by molar-refractivity contribution is 7.66. The smallest absolute Gasteiger partial charge is 0.398 e. The summed E-state index contributed by atoms with van der Waals surface area (Å²) in [6, 6.07) is 0. The average molecular weight is 467 g/mol. The number of hydrogen-bond acceptors (Lipinski definition) is 11. The van der Waals surface area contributed by atoms with Gasteiger partial charge in [-0.15, -0.1) is 0 Å². The van der Waals surface area contributed by atoms with Gasteiger partial charge in [0.25, 0.3) is 0 Å². The second kappa shape index (κ2) is 8.30. The summed E-state index contributed by atoms with van der Waals surface area (Å²) in [7, 11) is -16.8. The first-order chi connectivity index (χ1) is 12.7. The first-order valence-electron chi connectivity index (χ1n) is 7.20. The molecule has 0 bridgehead atoms. The molecule has 1 aromatic rings. The van der Waals surface area contributed by atoms with E-state index in [9.17, 15) is 23.4 Å². The van der Waals surface area contributed by atoms with E-state index in [1.807, 2.05) is 0 Å². The largest absolute Gasteiger partial charge is 0.536 e. The summed E-state index contributed by atoms with van der Waals surface area (Å²) in [5, 5.41) is 9.06. The Morgan fingerprint density at radius 3 is 2.36 bits per heavy atom. The number of nitrogens with zero attached hydrogens (tertiary/aromatic N) is 2. The molecule has 2 rings (SSSR count). The van der Waals surface area contributed by atoms with E-state index in [0.717, 1.165) is 10.8 Å². The van der Waals surface area contributed by atoms with Crippen molar-refractivity contribution in [3.05, 3.63) is 16.7 Å². The minimum atomic E-state index is -5.73. The van der Waals surface area contributed by atoms with Crippen LogP contribution in [0.2, 0.25) is 0 Å². The summed E-state index contributed by atoms with van der Waals surface area (Å²) in [6.45, 7) is -0.304. The maximum absolute atomic E-state index is 11.9. The zero-order chi connectivity index (χ0) is 21.3. The van der Waals surface area contributed by atoms with E-state index in [1.165, 1.54) is 0 Å². The topological polar surface area (TPSA) is 250 Å². The lowest BCUT2D eigenvalue weighted by molar-refractivity contribution is -0.0247. The van der Waals surface area contributed by atoms with Crippen LogP contribution in [0.25, 0.3) is 0 Å². The van der Waals surface area contributed by atoms with Crippen molar-refractivity contribution in [1.82, 2.24) is 9.55 Å². The third kappa shape index (κ3) is 6.44. The molecule has 7 N–H and O–H groups in total. The summed E-state index contributed by atoms with van der Waals surface area (Å²) in [5.41, 5.74) is 4.49. The fourth-order valence-electron chi connectivity index (χ4n) is 2.19. The Morgan fingerprint density at radius 2 is 1.82 bits per heavy atom. The van der Waals surface area contributed by atoms with Gasteiger partial charge in [0.05, 0.1) is 18.9 Å². The van der Waals surface area contributed by atoms with Crippen molar-refractivity contribution in [3.63, 3.8) is 0 Å². The highest BCUT2D eigenvalue weighted by Gasteiger charge is 2.42. The average Bonchev–Trinajstić information content (AvgIpc) is 2.94. The van der Waals surface area contributed by atoms with Crippen molar-refractivity contribution in [2.45, 2.75) is 25.2 Å². The molecule has 0 radical (unpaired) electrons. The molecule has 4 atom stereocenters. The second-order valence-electron chi connectivity index (χ2n) is 5.34. The molecule has 0 spiro atoms. The Kier molecular flexibility index (Phi) is 6.86. The molecule has 1 aliphatic rings. The first kappa shape index (κ1) is 23.1. The molecule has 1 fully saturated rings. The van der Waals surface area contributed by atoms with Crippen LogP contribution in [0.3, 0.4) is 0 Å². The van der Waals surface area contributed by atoms with Gasteiger partial charge in [-0.25, -0.2) is 18.5 Å². The van der Waals surface area contributed by atoms with Crippen molar-refractivity contribution in [2.75, 3.05) is 12.3 Å². The normalized spacial score (nSPS) is 24.5. The summed E-state index contributed by atoms with van der Waals surface area (Å²) in [4.78, 5) is 50.9. The molecule has 0 aromatic carbocycles. The van der Waals surface area contributed by atoms with E-state index in [1.54, 1.807) is 0 Å². The van der Waals surface area contributed by atoms with E-state index in [-0.39, 0.29) is 13.0 Å². The maximum atomic E-state index is 11.9. The molecule has 0 aliphatic carbocycles. The number of anilines is 1. The number of nitrogens with two attached hydrogens (primary N) is 1. The molecule has 1 aromatic heterocycles. The Balaban J connectivity index is 2.24. The molecule has 19 heteroatoms. The molecule has 1 aliphatic heterocycles. The third-order valence-corrected chi connectivity index (χ3v) is 6.93. The van der Waals surface area contributed by atoms with Crippen LogP contribution in [0, 0.1) is 0 Å². The number of aliphatic hydroxyl groups excluding tert-OH is 1. The zero-order valence-corrected chi connectivity index (χ0v) is 16.4. The molecule has 0 saturated carbocycles. The highest BCUT2D eigenvalue weighted by Crippen LogP contribution is 2.66.